The molecule has 0 aliphatic rings. The Morgan fingerprint density at radius 2 is 2.12 bits per heavy atom. The average Bonchev–Trinajstić information content (AvgIpc) is 2.69. The van der Waals surface area contributed by atoms with Crippen molar-refractivity contribution in [2.45, 2.75) is 52.1 Å². The van der Waals surface area contributed by atoms with E-state index in [0.29, 0.717) is 13.0 Å². The lowest BCUT2D eigenvalue weighted by Gasteiger charge is -2.15. The molecule has 88 valence electrons. The van der Waals surface area contributed by atoms with Crippen LogP contribution in [0.1, 0.15) is 38.8 Å². The van der Waals surface area contributed by atoms with E-state index in [-0.39, 0.29) is 0 Å². The molecule has 1 unspecified atom stereocenters. The van der Waals surface area contributed by atoms with Gasteiger partial charge in [-0.25, -0.2) is 9.67 Å². The van der Waals surface area contributed by atoms with Crippen LogP contribution in [0.3, 0.4) is 0 Å². The fourth-order valence-corrected chi connectivity index (χ4v) is 1.41. The Morgan fingerprint density at radius 1 is 1.44 bits per heavy atom. The number of hydrogen-bond donors (Lipinski definition) is 1. The SMILES string of the molecule is CCc1nc(CC)n(CCC(C)(N)C#N)n1. The molecule has 0 fully saturated rings. The van der Waals surface area contributed by atoms with E-state index in [1.165, 1.54) is 0 Å². The van der Waals surface area contributed by atoms with Crippen LogP contribution in [-0.4, -0.2) is 20.3 Å². The summed E-state index contributed by atoms with van der Waals surface area (Å²) in [5, 5.41) is 13.2. The smallest absolute Gasteiger partial charge is 0.150 e. The van der Waals surface area contributed by atoms with Crippen LogP contribution in [0.25, 0.3) is 0 Å². The van der Waals surface area contributed by atoms with E-state index in [0.717, 1.165) is 24.5 Å². The van der Waals surface area contributed by atoms with Crippen LogP contribution in [0.2, 0.25) is 0 Å². The van der Waals surface area contributed by atoms with Gasteiger partial charge in [-0.05, 0) is 13.3 Å². The van der Waals surface area contributed by atoms with Crippen LogP contribution in [0.4, 0.5) is 0 Å². The summed E-state index contributed by atoms with van der Waals surface area (Å²) in [6.07, 6.45) is 2.27. The Hall–Kier alpha value is -1.41. The van der Waals surface area contributed by atoms with Crippen LogP contribution in [0, 0.1) is 11.3 Å². The van der Waals surface area contributed by atoms with Gasteiger partial charge in [-0.1, -0.05) is 13.8 Å². The van der Waals surface area contributed by atoms with E-state index < -0.39 is 5.54 Å². The second-order valence-electron chi connectivity index (χ2n) is 4.15. The van der Waals surface area contributed by atoms with Crippen molar-refractivity contribution in [3.8, 4) is 6.07 Å². The number of aromatic nitrogens is 3. The Balaban J connectivity index is 2.74. The van der Waals surface area contributed by atoms with Crippen molar-refractivity contribution in [3.05, 3.63) is 11.6 Å². The minimum absolute atomic E-state index is 0.586. The first-order valence-corrected chi connectivity index (χ1v) is 5.65. The zero-order chi connectivity index (χ0) is 12.2. The molecule has 0 aliphatic heterocycles. The highest BCUT2D eigenvalue weighted by atomic mass is 15.3. The summed E-state index contributed by atoms with van der Waals surface area (Å²) in [7, 11) is 0. The molecule has 2 N–H and O–H groups in total. The largest absolute Gasteiger partial charge is 0.314 e. The molecule has 5 nitrogen and oxygen atoms in total. The number of rotatable bonds is 5. The number of nitrogens with two attached hydrogens (primary N) is 1. The lowest BCUT2D eigenvalue weighted by atomic mass is 10.0. The second kappa shape index (κ2) is 5.08. The van der Waals surface area contributed by atoms with Crippen molar-refractivity contribution in [2.75, 3.05) is 0 Å². The van der Waals surface area contributed by atoms with Crippen LogP contribution in [0.15, 0.2) is 0 Å². The fraction of sp³-hybridized carbons (Fsp3) is 0.727. The highest BCUT2D eigenvalue weighted by molar-refractivity contribution is 5.01. The molecule has 1 rings (SSSR count). The molecule has 16 heavy (non-hydrogen) atoms. The van der Waals surface area contributed by atoms with Gasteiger partial charge in [0.1, 0.15) is 11.4 Å². The van der Waals surface area contributed by atoms with Crippen LogP contribution < -0.4 is 5.73 Å². The molecule has 0 saturated heterocycles. The average molecular weight is 221 g/mol. The Morgan fingerprint density at radius 3 is 2.62 bits per heavy atom. The lowest BCUT2D eigenvalue weighted by molar-refractivity contribution is 0.455. The summed E-state index contributed by atoms with van der Waals surface area (Å²) in [6, 6.07) is 2.09. The topological polar surface area (TPSA) is 80.5 Å². The molecule has 0 spiro atoms. The first-order chi connectivity index (χ1) is 7.52. The molecular weight excluding hydrogens is 202 g/mol. The lowest BCUT2D eigenvalue weighted by Crippen LogP contribution is -2.35. The maximum Gasteiger partial charge on any atom is 0.150 e. The van der Waals surface area contributed by atoms with Gasteiger partial charge in [0, 0.05) is 19.4 Å². The van der Waals surface area contributed by atoms with Gasteiger partial charge in [0.25, 0.3) is 0 Å². The first-order valence-electron chi connectivity index (χ1n) is 5.65. The minimum atomic E-state index is -0.788. The summed E-state index contributed by atoms with van der Waals surface area (Å²) in [5.74, 6) is 1.82. The van der Waals surface area contributed by atoms with Gasteiger partial charge in [0.15, 0.2) is 5.82 Å². The van der Waals surface area contributed by atoms with Gasteiger partial charge in [-0.2, -0.15) is 10.4 Å². The molecule has 0 radical (unpaired) electrons. The van der Waals surface area contributed by atoms with Gasteiger partial charge in [-0.3, -0.25) is 0 Å². The monoisotopic (exact) mass is 221 g/mol. The number of nitriles is 1. The predicted octanol–water partition coefficient (Wildman–Crippen LogP) is 1.03. The third-order valence-corrected chi connectivity index (χ3v) is 2.52. The van der Waals surface area contributed by atoms with E-state index in [1.54, 1.807) is 6.92 Å². The second-order valence-corrected chi connectivity index (χ2v) is 4.15. The maximum absolute atomic E-state index is 8.83. The van der Waals surface area contributed by atoms with E-state index >= 15 is 0 Å². The molecule has 1 atom stereocenters. The zero-order valence-corrected chi connectivity index (χ0v) is 10.2. The Bertz CT molecular complexity index is 386. The molecule has 0 saturated carbocycles. The number of hydrogen-bond acceptors (Lipinski definition) is 4. The summed E-state index contributed by atoms with van der Waals surface area (Å²) < 4.78 is 1.86. The quantitative estimate of drug-likeness (QED) is 0.805. The van der Waals surface area contributed by atoms with Crippen molar-refractivity contribution in [1.29, 1.82) is 5.26 Å². The van der Waals surface area contributed by atoms with Gasteiger partial charge >= 0.3 is 0 Å². The number of nitrogens with zero attached hydrogens (tertiary/aromatic N) is 4. The summed E-state index contributed by atoms with van der Waals surface area (Å²) >= 11 is 0. The Kier molecular flexibility index (Phi) is 4.02. The molecule has 1 aromatic heterocycles. The van der Waals surface area contributed by atoms with Gasteiger partial charge < -0.3 is 5.73 Å². The van der Waals surface area contributed by atoms with Crippen LogP contribution in [0.5, 0.6) is 0 Å². The zero-order valence-electron chi connectivity index (χ0n) is 10.2. The summed E-state index contributed by atoms with van der Waals surface area (Å²) in [4.78, 5) is 4.40. The van der Waals surface area contributed by atoms with E-state index in [4.69, 9.17) is 11.0 Å². The van der Waals surface area contributed by atoms with E-state index in [2.05, 4.69) is 16.2 Å². The highest BCUT2D eigenvalue weighted by Crippen LogP contribution is 2.08. The molecule has 5 heteroatoms. The van der Waals surface area contributed by atoms with Gasteiger partial charge in [0.2, 0.25) is 0 Å². The summed E-state index contributed by atoms with van der Waals surface area (Å²) in [5.41, 5.74) is 4.98. The van der Waals surface area contributed by atoms with Crippen molar-refractivity contribution in [3.63, 3.8) is 0 Å². The van der Waals surface area contributed by atoms with Crippen molar-refractivity contribution in [2.24, 2.45) is 5.73 Å². The molecule has 1 heterocycles. The molecule has 0 amide bonds. The standard InChI is InChI=1S/C11H19N5/c1-4-9-14-10(5-2)16(15-9)7-6-11(3,13)8-12/h4-7,13H2,1-3H3. The van der Waals surface area contributed by atoms with Crippen molar-refractivity contribution < 1.29 is 0 Å². The third-order valence-electron chi connectivity index (χ3n) is 2.52. The molecular formula is C11H19N5. The van der Waals surface area contributed by atoms with Crippen molar-refractivity contribution >= 4 is 0 Å². The summed E-state index contributed by atoms with van der Waals surface area (Å²) in [6.45, 7) is 6.46. The molecule has 0 bridgehead atoms. The fourth-order valence-electron chi connectivity index (χ4n) is 1.41. The van der Waals surface area contributed by atoms with Crippen molar-refractivity contribution in [1.82, 2.24) is 14.8 Å². The maximum atomic E-state index is 8.83. The Labute approximate surface area is 96.3 Å². The normalized spacial score (nSPS) is 14.4. The molecule has 1 aromatic rings. The molecule has 0 aliphatic carbocycles. The van der Waals surface area contributed by atoms with E-state index in [1.807, 2.05) is 18.5 Å². The van der Waals surface area contributed by atoms with Gasteiger partial charge in [0.05, 0.1) is 6.07 Å². The number of aryl methyl sites for hydroxylation is 3. The third kappa shape index (κ3) is 3.04. The highest BCUT2D eigenvalue weighted by Gasteiger charge is 2.18. The minimum Gasteiger partial charge on any atom is -0.314 e. The van der Waals surface area contributed by atoms with E-state index in [9.17, 15) is 0 Å². The molecule has 0 aromatic carbocycles. The van der Waals surface area contributed by atoms with Crippen LogP contribution >= 0.6 is 0 Å². The predicted molar refractivity (Wildman–Crippen MR) is 61.6 cm³/mol. The van der Waals surface area contributed by atoms with Gasteiger partial charge in [-0.15, -0.1) is 0 Å². The first kappa shape index (κ1) is 12.7. The van der Waals surface area contributed by atoms with Crippen LogP contribution in [-0.2, 0) is 19.4 Å².